The van der Waals surface area contributed by atoms with E-state index in [-0.39, 0.29) is 5.82 Å². The van der Waals surface area contributed by atoms with Crippen LogP contribution in [0.5, 0.6) is 0 Å². The van der Waals surface area contributed by atoms with Gasteiger partial charge in [0.1, 0.15) is 18.2 Å². The third kappa shape index (κ3) is 3.29. The van der Waals surface area contributed by atoms with Gasteiger partial charge in [0.15, 0.2) is 5.82 Å². The van der Waals surface area contributed by atoms with E-state index in [9.17, 15) is 9.50 Å². The maximum absolute atomic E-state index is 12.9. The minimum absolute atomic E-state index is 0.242. The number of aliphatic hydroxyl groups is 1. The smallest absolute Gasteiger partial charge is 0.157 e. The number of benzene rings is 1. The lowest BCUT2D eigenvalue weighted by atomic mass is 10.0. The van der Waals surface area contributed by atoms with Gasteiger partial charge >= 0.3 is 0 Å². The van der Waals surface area contributed by atoms with Gasteiger partial charge in [0.25, 0.3) is 0 Å². The first-order valence-corrected chi connectivity index (χ1v) is 6.84. The molecule has 0 aliphatic heterocycles. The molecule has 3 N–H and O–H groups in total. The van der Waals surface area contributed by atoms with Crippen molar-refractivity contribution >= 4 is 6.08 Å². The van der Waals surface area contributed by atoms with Crippen LogP contribution in [0, 0.1) is 5.82 Å². The Morgan fingerprint density at radius 3 is 2.77 bits per heavy atom. The Labute approximate surface area is 126 Å². The van der Waals surface area contributed by atoms with Crippen molar-refractivity contribution in [3.8, 4) is 0 Å². The Morgan fingerprint density at radius 1 is 1.23 bits per heavy atom. The van der Waals surface area contributed by atoms with Crippen molar-refractivity contribution in [1.82, 2.24) is 20.2 Å². The van der Waals surface area contributed by atoms with Gasteiger partial charge in [-0.3, -0.25) is 5.10 Å². The lowest BCUT2D eigenvalue weighted by molar-refractivity contribution is 0.219. The third-order valence-electron chi connectivity index (χ3n) is 3.35. The first-order valence-electron chi connectivity index (χ1n) is 6.84. The summed E-state index contributed by atoms with van der Waals surface area (Å²) in [6.45, 7) is 0. The third-order valence-corrected chi connectivity index (χ3v) is 3.35. The zero-order valence-corrected chi connectivity index (χ0v) is 11.7. The fourth-order valence-electron chi connectivity index (χ4n) is 2.18. The molecule has 1 atom stereocenters. The number of rotatable bonds is 5. The molecule has 3 aromatic rings. The van der Waals surface area contributed by atoms with E-state index < -0.39 is 6.10 Å². The minimum Gasteiger partial charge on any atom is -0.381 e. The summed E-state index contributed by atoms with van der Waals surface area (Å²) in [5.74, 6) is 0.153. The fraction of sp³-hybridized carbons (Fsp3) is 0.125. The zero-order chi connectivity index (χ0) is 15.4. The number of hydrogen-bond donors (Lipinski definition) is 3. The van der Waals surface area contributed by atoms with Gasteiger partial charge < -0.3 is 10.1 Å². The average molecular weight is 298 g/mol. The van der Waals surface area contributed by atoms with Crippen LogP contribution in [0.15, 0.2) is 49.1 Å². The highest BCUT2D eigenvalue weighted by Crippen LogP contribution is 2.18. The Hall–Kier alpha value is -2.73. The van der Waals surface area contributed by atoms with Crippen molar-refractivity contribution in [2.45, 2.75) is 12.5 Å². The van der Waals surface area contributed by atoms with Crippen LogP contribution >= 0.6 is 0 Å². The Kier molecular flexibility index (Phi) is 4.11. The molecule has 0 radical (unpaired) electrons. The largest absolute Gasteiger partial charge is 0.381 e. The highest BCUT2D eigenvalue weighted by atomic mass is 19.1. The van der Waals surface area contributed by atoms with Gasteiger partial charge in [-0.2, -0.15) is 5.10 Å². The summed E-state index contributed by atoms with van der Waals surface area (Å²) in [5.41, 5.74) is 3.04. The standard InChI is InChI=1S/C16H15FN4O/c17-14-4-1-11(2-5-14)7-13-9-18-8-12(13)3-6-15(22)16-19-10-20-21-16/h1-6,8-10,15,18,22H,7H2,(H,19,20,21). The molecule has 6 heteroatoms. The van der Waals surface area contributed by atoms with Gasteiger partial charge in [-0.15, -0.1) is 0 Å². The summed E-state index contributed by atoms with van der Waals surface area (Å²) in [6.07, 6.45) is 8.40. The molecule has 112 valence electrons. The van der Waals surface area contributed by atoms with Crippen molar-refractivity contribution in [2.75, 3.05) is 0 Å². The molecular formula is C16H15FN4O. The molecule has 0 bridgehead atoms. The molecule has 5 nitrogen and oxygen atoms in total. The first kappa shape index (κ1) is 14.2. The summed E-state index contributed by atoms with van der Waals surface area (Å²) < 4.78 is 12.9. The fourth-order valence-corrected chi connectivity index (χ4v) is 2.18. The maximum Gasteiger partial charge on any atom is 0.157 e. The molecule has 0 spiro atoms. The SMILES string of the molecule is OC(C=Cc1c[nH]cc1Cc1ccc(F)cc1)c1ncn[nH]1. The normalized spacial score (nSPS) is 12.8. The second-order valence-corrected chi connectivity index (χ2v) is 4.91. The second kappa shape index (κ2) is 6.36. The minimum atomic E-state index is -0.837. The van der Waals surface area contributed by atoms with Crippen LogP contribution in [-0.2, 0) is 6.42 Å². The lowest BCUT2D eigenvalue weighted by Gasteiger charge is -2.03. The number of aliphatic hydroxyl groups excluding tert-OH is 1. The second-order valence-electron chi connectivity index (χ2n) is 4.91. The van der Waals surface area contributed by atoms with Crippen LogP contribution in [0.2, 0.25) is 0 Å². The summed E-state index contributed by atoms with van der Waals surface area (Å²) in [7, 11) is 0. The van der Waals surface area contributed by atoms with Crippen molar-refractivity contribution < 1.29 is 9.50 Å². The molecule has 3 rings (SSSR count). The maximum atomic E-state index is 12.9. The van der Waals surface area contributed by atoms with Gasteiger partial charge in [0.2, 0.25) is 0 Å². The van der Waals surface area contributed by atoms with E-state index in [2.05, 4.69) is 20.2 Å². The number of hydrogen-bond acceptors (Lipinski definition) is 3. The quantitative estimate of drug-likeness (QED) is 0.677. The Bertz CT molecular complexity index is 747. The monoisotopic (exact) mass is 298 g/mol. The molecule has 22 heavy (non-hydrogen) atoms. The molecule has 2 heterocycles. The first-order chi connectivity index (χ1) is 10.7. The van der Waals surface area contributed by atoms with Crippen LogP contribution in [-0.4, -0.2) is 25.3 Å². The predicted molar refractivity (Wildman–Crippen MR) is 80.4 cm³/mol. The molecule has 0 saturated carbocycles. The molecule has 0 amide bonds. The van der Waals surface area contributed by atoms with Gasteiger partial charge in [0.05, 0.1) is 0 Å². The summed E-state index contributed by atoms with van der Waals surface area (Å²) >= 11 is 0. The Morgan fingerprint density at radius 2 is 2.05 bits per heavy atom. The number of nitrogens with one attached hydrogen (secondary N) is 2. The van der Waals surface area contributed by atoms with E-state index in [0.29, 0.717) is 12.2 Å². The summed E-state index contributed by atoms with van der Waals surface area (Å²) in [6, 6.07) is 6.43. The molecule has 0 fully saturated rings. The van der Waals surface area contributed by atoms with E-state index in [1.807, 2.05) is 18.5 Å². The van der Waals surface area contributed by atoms with Crippen LogP contribution in [0.25, 0.3) is 6.08 Å². The summed E-state index contributed by atoms with van der Waals surface area (Å²) in [5, 5.41) is 16.3. The zero-order valence-electron chi connectivity index (χ0n) is 11.7. The highest BCUT2D eigenvalue weighted by Gasteiger charge is 2.07. The average Bonchev–Trinajstić information content (AvgIpc) is 3.19. The molecule has 1 unspecified atom stereocenters. The van der Waals surface area contributed by atoms with Gasteiger partial charge in [-0.05, 0) is 41.3 Å². The van der Waals surface area contributed by atoms with Crippen molar-refractivity contribution in [1.29, 1.82) is 0 Å². The Balaban J connectivity index is 1.73. The van der Waals surface area contributed by atoms with E-state index in [0.717, 1.165) is 16.7 Å². The molecule has 0 aliphatic carbocycles. The van der Waals surface area contributed by atoms with E-state index >= 15 is 0 Å². The lowest BCUT2D eigenvalue weighted by Crippen LogP contribution is -1.96. The van der Waals surface area contributed by atoms with Gasteiger partial charge in [-0.1, -0.05) is 18.2 Å². The molecule has 0 aliphatic rings. The van der Waals surface area contributed by atoms with Gasteiger partial charge in [0, 0.05) is 12.4 Å². The van der Waals surface area contributed by atoms with E-state index in [1.165, 1.54) is 18.5 Å². The molecule has 2 aromatic heterocycles. The number of aromatic nitrogens is 4. The van der Waals surface area contributed by atoms with Crippen LogP contribution in [0.1, 0.15) is 28.6 Å². The number of aromatic amines is 2. The van der Waals surface area contributed by atoms with Gasteiger partial charge in [-0.25, -0.2) is 9.37 Å². The molecule has 0 saturated heterocycles. The van der Waals surface area contributed by atoms with Crippen LogP contribution < -0.4 is 0 Å². The van der Waals surface area contributed by atoms with E-state index in [1.54, 1.807) is 18.2 Å². The topological polar surface area (TPSA) is 77.6 Å². The molecular weight excluding hydrogens is 283 g/mol. The van der Waals surface area contributed by atoms with Crippen molar-refractivity contribution in [3.63, 3.8) is 0 Å². The molecule has 1 aromatic carbocycles. The summed E-state index contributed by atoms with van der Waals surface area (Å²) in [4.78, 5) is 6.95. The van der Waals surface area contributed by atoms with Crippen LogP contribution in [0.3, 0.4) is 0 Å². The van der Waals surface area contributed by atoms with Crippen molar-refractivity contribution in [2.24, 2.45) is 0 Å². The highest BCUT2D eigenvalue weighted by molar-refractivity contribution is 5.54. The van der Waals surface area contributed by atoms with Crippen LogP contribution in [0.4, 0.5) is 4.39 Å². The number of nitrogens with zero attached hydrogens (tertiary/aromatic N) is 2. The van der Waals surface area contributed by atoms with Crippen molar-refractivity contribution in [3.05, 3.63) is 77.4 Å². The number of H-pyrrole nitrogens is 2. The number of halogens is 1. The van der Waals surface area contributed by atoms with E-state index in [4.69, 9.17) is 0 Å². The predicted octanol–water partition coefficient (Wildman–Crippen LogP) is 2.61.